The van der Waals surface area contributed by atoms with Crippen LogP contribution in [0.2, 0.25) is 0 Å². The van der Waals surface area contributed by atoms with Crippen molar-refractivity contribution in [2.75, 3.05) is 19.0 Å². The molecule has 2 unspecified atom stereocenters. The lowest BCUT2D eigenvalue weighted by Crippen LogP contribution is -2.39. The Morgan fingerprint density at radius 1 is 1.37 bits per heavy atom. The van der Waals surface area contributed by atoms with Crippen LogP contribution in [0.15, 0.2) is 11.0 Å². The van der Waals surface area contributed by atoms with Crippen molar-refractivity contribution in [2.45, 2.75) is 71.4 Å². The van der Waals surface area contributed by atoms with Gasteiger partial charge in [-0.25, -0.2) is 0 Å². The monoisotopic (exact) mass is 398 g/mol. The number of unbranched alkanes of at least 4 members (excludes halogenated alkanes) is 1. The highest BCUT2D eigenvalue weighted by Crippen LogP contribution is 2.19. The van der Waals surface area contributed by atoms with E-state index in [1.54, 1.807) is 0 Å². The molecule has 1 aliphatic heterocycles. The fourth-order valence-corrected chi connectivity index (χ4v) is 3.61. The average Bonchev–Trinajstić information content (AvgIpc) is 2.68. The van der Waals surface area contributed by atoms with E-state index in [0.29, 0.717) is 29.8 Å². The molecule has 1 amide bonds. The maximum atomic E-state index is 12.3. The first-order valence-corrected chi connectivity index (χ1v) is 11.0. The molecular formula is C20H34N2O4S. The van der Waals surface area contributed by atoms with E-state index in [4.69, 9.17) is 14.9 Å². The molecule has 0 radical (unpaired) electrons. The number of rotatable bonds is 13. The summed E-state index contributed by atoms with van der Waals surface area (Å²) in [4.78, 5) is 24.7. The minimum atomic E-state index is -0.264. The highest BCUT2D eigenvalue weighted by atomic mass is 32.2. The van der Waals surface area contributed by atoms with Crippen molar-refractivity contribution in [3.8, 4) is 0 Å². The Hall–Kier alpha value is -1.34. The smallest absolute Gasteiger partial charge is 0.306 e. The molecule has 1 saturated heterocycles. The highest BCUT2D eigenvalue weighted by molar-refractivity contribution is 8.04. The number of carbonyl (C=O) groups excluding carboxylic acids is 2. The van der Waals surface area contributed by atoms with Gasteiger partial charge < -0.3 is 20.2 Å². The van der Waals surface area contributed by atoms with Crippen LogP contribution in [0.1, 0.15) is 65.2 Å². The second-order valence-electron chi connectivity index (χ2n) is 6.72. The van der Waals surface area contributed by atoms with Gasteiger partial charge in [0.25, 0.3) is 5.91 Å². The summed E-state index contributed by atoms with van der Waals surface area (Å²) in [7, 11) is 0. The Bertz CT molecular complexity index is 490. The predicted molar refractivity (Wildman–Crippen MR) is 110 cm³/mol. The third-order valence-corrected chi connectivity index (χ3v) is 5.56. The molecule has 0 bridgehead atoms. The second kappa shape index (κ2) is 14.7. The molecule has 1 aliphatic rings. The number of nitrogens with one attached hydrogen (secondary N) is 2. The molecule has 0 aromatic rings. The van der Waals surface area contributed by atoms with Crippen LogP contribution in [0.5, 0.6) is 0 Å². The summed E-state index contributed by atoms with van der Waals surface area (Å²) >= 11 is 1.27. The number of esters is 1. The summed E-state index contributed by atoms with van der Waals surface area (Å²) < 4.78 is 10.9. The molecule has 2 N–H and O–H groups in total. The second-order valence-corrected chi connectivity index (χ2v) is 7.86. The molecule has 0 aromatic carbocycles. The van der Waals surface area contributed by atoms with Crippen molar-refractivity contribution in [1.82, 2.24) is 5.32 Å². The maximum Gasteiger partial charge on any atom is 0.306 e. The van der Waals surface area contributed by atoms with Crippen molar-refractivity contribution in [3.63, 3.8) is 0 Å². The van der Waals surface area contributed by atoms with Gasteiger partial charge in [0.2, 0.25) is 0 Å². The van der Waals surface area contributed by atoms with E-state index < -0.39 is 0 Å². The summed E-state index contributed by atoms with van der Waals surface area (Å²) in [6, 6.07) is 0. The first-order valence-electron chi connectivity index (χ1n) is 10.0. The van der Waals surface area contributed by atoms with Crippen LogP contribution >= 0.6 is 11.8 Å². The minimum absolute atomic E-state index is 0.234. The fraction of sp³-hybridized carbons (Fsp3) is 0.750. The number of hydrogen-bond donors (Lipinski definition) is 2. The van der Waals surface area contributed by atoms with Crippen molar-refractivity contribution < 1.29 is 19.1 Å². The summed E-state index contributed by atoms with van der Waals surface area (Å²) in [5, 5.41) is 10.1. The Morgan fingerprint density at radius 3 is 2.81 bits per heavy atom. The lowest BCUT2D eigenvalue weighted by molar-refractivity contribution is -0.144. The molecule has 1 fully saturated rings. The number of thioether (sulfide) groups is 1. The third-order valence-electron chi connectivity index (χ3n) is 4.52. The van der Waals surface area contributed by atoms with E-state index in [9.17, 15) is 9.59 Å². The topological polar surface area (TPSA) is 88.5 Å². The standard InChI is InChI=1S/C20H34N2O4S/c1-3-5-8-16(4-2)15-26-19(23)11-14-27-17(10-12-21)20(24)22-18-9-6-7-13-25-18/h10,12,16,18,21H,3-9,11,13-15H2,1-2H3,(H,22,24)/b17-10+,21-12?. The van der Waals surface area contributed by atoms with Gasteiger partial charge in [-0.15, -0.1) is 11.8 Å². The van der Waals surface area contributed by atoms with Crippen LogP contribution in [0.25, 0.3) is 0 Å². The number of ether oxygens (including phenoxy) is 2. The van der Waals surface area contributed by atoms with Crippen molar-refractivity contribution in [1.29, 1.82) is 5.41 Å². The van der Waals surface area contributed by atoms with E-state index in [-0.39, 0.29) is 24.5 Å². The summed E-state index contributed by atoms with van der Waals surface area (Å²) in [5.41, 5.74) is 0. The van der Waals surface area contributed by atoms with Crippen LogP contribution in [-0.2, 0) is 19.1 Å². The van der Waals surface area contributed by atoms with Gasteiger partial charge in [-0.1, -0.05) is 33.1 Å². The minimum Gasteiger partial charge on any atom is -0.465 e. The van der Waals surface area contributed by atoms with Gasteiger partial charge >= 0.3 is 5.97 Å². The first-order chi connectivity index (χ1) is 13.1. The van der Waals surface area contributed by atoms with Gasteiger partial charge in [0.15, 0.2) is 0 Å². The lowest BCUT2D eigenvalue weighted by atomic mass is 10.0. The molecule has 27 heavy (non-hydrogen) atoms. The van der Waals surface area contributed by atoms with Gasteiger partial charge in [0.1, 0.15) is 6.23 Å². The molecule has 154 valence electrons. The molecule has 1 rings (SSSR count). The largest absolute Gasteiger partial charge is 0.465 e. The van der Waals surface area contributed by atoms with Gasteiger partial charge in [0.05, 0.1) is 17.9 Å². The number of carbonyl (C=O) groups is 2. The summed E-state index contributed by atoms with van der Waals surface area (Å²) in [6.07, 6.45) is 9.78. The predicted octanol–water partition coefficient (Wildman–Crippen LogP) is 4.05. The Morgan fingerprint density at radius 2 is 2.19 bits per heavy atom. The third kappa shape index (κ3) is 10.5. The lowest BCUT2D eigenvalue weighted by Gasteiger charge is -2.23. The van der Waals surface area contributed by atoms with Crippen LogP contribution in [0.3, 0.4) is 0 Å². The van der Waals surface area contributed by atoms with Crippen LogP contribution in [0.4, 0.5) is 0 Å². The van der Waals surface area contributed by atoms with Crippen LogP contribution in [0, 0.1) is 11.3 Å². The molecular weight excluding hydrogens is 364 g/mol. The van der Waals surface area contributed by atoms with E-state index in [1.807, 2.05) is 0 Å². The van der Waals surface area contributed by atoms with Crippen molar-refractivity contribution in [3.05, 3.63) is 11.0 Å². The van der Waals surface area contributed by atoms with Crippen molar-refractivity contribution >= 4 is 29.9 Å². The zero-order chi connectivity index (χ0) is 19.9. The van der Waals surface area contributed by atoms with E-state index in [0.717, 1.165) is 51.2 Å². The molecule has 0 saturated carbocycles. The molecule has 1 heterocycles. The van der Waals surface area contributed by atoms with Gasteiger partial charge in [0, 0.05) is 18.6 Å². The summed E-state index contributed by atoms with van der Waals surface area (Å²) in [6.45, 7) is 5.41. The van der Waals surface area contributed by atoms with E-state index in [1.165, 1.54) is 17.8 Å². The maximum absolute atomic E-state index is 12.3. The SMILES string of the molecule is CCCCC(CC)COC(=O)CCS/C(=C/C=N)C(=O)NC1CCCCO1. The molecule has 2 atom stereocenters. The number of allylic oxidation sites excluding steroid dienone is 1. The number of amides is 1. The molecule has 6 nitrogen and oxygen atoms in total. The molecule has 0 aliphatic carbocycles. The zero-order valence-corrected chi connectivity index (χ0v) is 17.4. The number of hydrogen-bond acceptors (Lipinski definition) is 6. The van der Waals surface area contributed by atoms with E-state index in [2.05, 4.69) is 19.2 Å². The van der Waals surface area contributed by atoms with Gasteiger partial charge in [-0.2, -0.15) is 0 Å². The molecule has 7 heteroatoms. The van der Waals surface area contributed by atoms with Crippen LogP contribution in [-0.4, -0.2) is 43.3 Å². The van der Waals surface area contributed by atoms with E-state index >= 15 is 0 Å². The normalized spacial score (nSPS) is 18.6. The highest BCUT2D eigenvalue weighted by Gasteiger charge is 2.19. The Balaban J connectivity index is 2.32. The molecule has 0 aromatic heterocycles. The molecule has 0 spiro atoms. The van der Waals surface area contributed by atoms with Crippen molar-refractivity contribution in [2.24, 2.45) is 5.92 Å². The van der Waals surface area contributed by atoms with Gasteiger partial charge in [-0.3, -0.25) is 9.59 Å². The average molecular weight is 399 g/mol. The van der Waals surface area contributed by atoms with Gasteiger partial charge in [-0.05, 0) is 37.7 Å². The Labute approximate surface area is 167 Å². The zero-order valence-electron chi connectivity index (χ0n) is 16.6. The fourth-order valence-electron chi connectivity index (χ4n) is 2.76. The first kappa shape index (κ1) is 23.7. The quantitative estimate of drug-likeness (QED) is 0.278. The summed E-state index contributed by atoms with van der Waals surface area (Å²) in [5.74, 6) is 0.386. The Kier molecular flexibility index (Phi) is 12.9. The van der Waals surface area contributed by atoms with Crippen LogP contribution < -0.4 is 5.32 Å².